The molecular weight excluding hydrogens is 200 g/mol. The Morgan fingerprint density at radius 2 is 1.62 bits per heavy atom. The van der Waals surface area contributed by atoms with Crippen molar-refractivity contribution >= 4 is 0 Å². The summed E-state index contributed by atoms with van der Waals surface area (Å²) in [5, 5.41) is 9.38. The Labute approximate surface area is 100 Å². The minimum atomic E-state index is -0.0569. The maximum absolute atomic E-state index is 9.38. The Hall–Kier alpha value is -0.0800. The van der Waals surface area contributed by atoms with Crippen LogP contribution in [-0.2, 0) is 4.74 Å². The van der Waals surface area contributed by atoms with E-state index in [1.54, 1.807) is 0 Å². The molecular formula is C14H28O2. The van der Waals surface area contributed by atoms with E-state index < -0.39 is 0 Å². The van der Waals surface area contributed by atoms with E-state index in [2.05, 4.69) is 0 Å². The fourth-order valence-electron chi connectivity index (χ4n) is 2.07. The van der Waals surface area contributed by atoms with Gasteiger partial charge >= 0.3 is 0 Å². The summed E-state index contributed by atoms with van der Waals surface area (Å²) < 4.78 is 5.18. The maximum atomic E-state index is 9.38. The van der Waals surface area contributed by atoms with E-state index in [-0.39, 0.29) is 6.10 Å². The number of hydrogen-bond donors (Lipinski definition) is 1. The van der Waals surface area contributed by atoms with Gasteiger partial charge in [-0.05, 0) is 19.3 Å². The molecule has 0 radical (unpaired) electrons. The van der Waals surface area contributed by atoms with Crippen LogP contribution >= 0.6 is 0 Å². The number of aliphatic hydroxyl groups is 1. The minimum Gasteiger partial charge on any atom is -0.393 e. The average molecular weight is 228 g/mol. The predicted octanol–water partition coefficient (Wildman–Crippen LogP) is 3.67. The highest BCUT2D eigenvalue weighted by molar-refractivity contribution is 4.68. The highest BCUT2D eigenvalue weighted by Gasteiger charge is 2.20. The van der Waals surface area contributed by atoms with Gasteiger partial charge in [-0.15, -0.1) is 0 Å². The molecule has 0 spiro atoms. The van der Waals surface area contributed by atoms with Crippen LogP contribution in [0.3, 0.4) is 0 Å². The molecule has 1 saturated heterocycles. The summed E-state index contributed by atoms with van der Waals surface area (Å²) in [5.74, 6) is 0. The number of epoxide rings is 1. The summed E-state index contributed by atoms with van der Waals surface area (Å²) in [6.07, 6.45) is 13.0. The first-order chi connectivity index (χ1) is 7.83. The van der Waals surface area contributed by atoms with Crippen LogP contribution in [0.2, 0.25) is 0 Å². The van der Waals surface area contributed by atoms with Crippen LogP contribution in [0.5, 0.6) is 0 Å². The molecule has 2 nitrogen and oxygen atoms in total. The highest BCUT2D eigenvalue weighted by atomic mass is 16.6. The van der Waals surface area contributed by atoms with E-state index in [9.17, 15) is 5.11 Å². The topological polar surface area (TPSA) is 32.8 Å². The molecule has 1 aliphatic heterocycles. The molecule has 1 rings (SSSR count). The lowest BCUT2D eigenvalue weighted by molar-refractivity contribution is 0.156. The number of ether oxygens (including phenoxy) is 1. The van der Waals surface area contributed by atoms with Crippen LogP contribution in [0.1, 0.15) is 71.1 Å². The van der Waals surface area contributed by atoms with Gasteiger partial charge in [-0.1, -0.05) is 51.9 Å². The number of rotatable bonds is 11. The molecule has 0 aromatic carbocycles. The Bertz CT molecular complexity index is 155. The highest BCUT2D eigenvalue weighted by Crippen LogP contribution is 2.18. The number of hydrogen-bond acceptors (Lipinski definition) is 2. The molecule has 0 saturated carbocycles. The minimum absolute atomic E-state index is 0.0569. The average Bonchev–Trinajstić information content (AvgIpc) is 3.10. The third-order valence-corrected chi connectivity index (χ3v) is 3.44. The zero-order valence-corrected chi connectivity index (χ0v) is 10.8. The molecule has 1 heterocycles. The first-order valence-corrected chi connectivity index (χ1v) is 7.12. The van der Waals surface area contributed by atoms with Crippen molar-refractivity contribution in [2.45, 2.75) is 83.3 Å². The molecule has 96 valence electrons. The van der Waals surface area contributed by atoms with Crippen molar-refractivity contribution in [1.82, 2.24) is 0 Å². The third kappa shape index (κ3) is 8.12. The molecule has 0 aromatic rings. The van der Waals surface area contributed by atoms with Crippen molar-refractivity contribution in [2.24, 2.45) is 0 Å². The Morgan fingerprint density at radius 3 is 2.19 bits per heavy atom. The van der Waals surface area contributed by atoms with Crippen LogP contribution in [-0.4, -0.2) is 23.9 Å². The lowest BCUT2D eigenvalue weighted by Crippen LogP contribution is -2.03. The molecule has 1 aliphatic rings. The van der Waals surface area contributed by atoms with E-state index in [0.29, 0.717) is 6.10 Å². The van der Waals surface area contributed by atoms with Gasteiger partial charge < -0.3 is 9.84 Å². The van der Waals surface area contributed by atoms with Gasteiger partial charge in [-0.2, -0.15) is 0 Å². The Balaban J connectivity index is 1.67. The summed E-state index contributed by atoms with van der Waals surface area (Å²) in [7, 11) is 0. The van der Waals surface area contributed by atoms with Crippen molar-refractivity contribution in [2.75, 3.05) is 6.61 Å². The lowest BCUT2D eigenvalue weighted by Gasteiger charge is -2.06. The van der Waals surface area contributed by atoms with E-state index in [4.69, 9.17) is 4.74 Å². The summed E-state index contributed by atoms with van der Waals surface area (Å²) in [6, 6.07) is 0. The zero-order chi connectivity index (χ0) is 11.6. The fourth-order valence-corrected chi connectivity index (χ4v) is 2.07. The normalized spacial score (nSPS) is 21.0. The van der Waals surface area contributed by atoms with Crippen LogP contribution in [0.25, 0.3) is 0 Å². The monoisotopic (exact) mass is 228 g/mol. The Kier molecular flexibility index (Phi) is 7.87. The predicted molar refractivity (Wildman–Crippen MR) is 67.6 cm³/mol. The molecule has 0 aliphatic carbocycles. The summed E-state index contributed by atoms with van der Waals surface area (Å²) >= 11 is 0. The number of unbranched alkanes of at least 4 members (excludes halogenated alkanes) is 6. The first-order valence-electron chi connectivity index (χ1n) is 7.12. The molecule has 1 N–H and O–H groups in total. The van der Waals surface area contributed by atoms with Crippen LogP contribution in [0.4, 0.5) is 0 Å². The quantitative estimate of drug-likeness (QED) is 0.432. The van der Waals surface area contributed by atoms with E-state index in [0.717, 1.165) is 19.4 Å². The van der Waals surface area contributed by atoms with Crippen molar-refractivity contribution < 1.29 is 9.84 Å². The smallest absolute Gasteiger partial charge is 0.0810 e. The second-order valence-corrected chi connectivity index (χ2v) is 5.07. The third-order valence-electron chi connectivity index (χ3n) is 3.44. The lowest BCUT2D eigenvalue weighted by atomic mass is 10.0. The molecule has 0 amide bonds. The van der Waals surface area contributed by atoms with Gasteiger partial charge in [0.2, 0.25) is 0 Å². The zero-order valence-electron chi connectivity index (χ0n) is 10.8. The first kappa shape index (κ1) is 14.0. The van der Waals surface area contributed by atoms with Gasteiger partial charge in [0.1, 0.15) is 0 Å². The van der Waals surface area contributed by atoms with E-state index in [1.807, 2.05) is 6.92 Å². The summed E-state index contributed by atoms with van der Waals surface area (Å²) in [4.78, 5) is 0. The van der Waals surface area contributed by atoms with Crippen molar-refractivity contribution in [3.05, 3.63) is 0 Å². The largest absolute Gasteiger partial charge is 0.393 e. The van der Waals surface area contributed by atoms with Crippen LogP contribution in [0.15, 0.2) is 0 Å². The van der Waals surface area contributed by atoms with E-state index >= 15 is 0 Å². The Morgan fingerprint density at radius 1 is 1.06 bits per heavy atom. The molecule has 2 atom stereocenters. The molecule has 1 fully saturated rings. The molecule has 0 bridgehead atoms. The van der Waals surface area contributed by atoms with Crippen LogP contribution in [0, 0.1) is 0 Å². The fraction of sp³-hybridized carbons (Fsp3) is 1.00. The molecule has 2 heteroatoms. The van der Waals surface area contributed by atoms with Gasteiger partial charge in [0.25, 0.3) is 0 Å². The second-order valence-electron chi connectivity index (χ2n) is 5.07. The molecule has 16 heavy (non-hydrogen) atoms. The van der Waals surface area contributed by atoms with Gasteiger partial charge in [0.15, 0.2) is 0 Å². The van der Waals surface area contributed by atoms with Gasteiger partial charge in [0.05, 0.1) is 18.8 Å². The van der Waals surface area contributed by atoms with Gasteiger partial charge in [-0.3, -0.25) is 0 Å². The van der Waals surface area contributed by atoms with Crippen molar-refractivity contribution in [3.63, 3.8) is 0 Å². The second kappa shape index (κ2) is 9.00. The van der Waals surface area contributed by atoms with Crippen molar-refractivity contribution in [3.8, 4) is 0 Å². The van der Waals surface area contributed by atoms with E-state index in [1.165, 1.54) is 51.4 Å². The summed E-state index contributed by atoms with van der Waals surface area (Å²) in [5.41, 5.74) is 0. The van der Waals surface area contributed by atoms with Gasteiger partial charge in [0, 0.05) is 0 Å². The maximum Gasteiger partial charge on any atom is 0.0810 e. The van der Waals surface area contributed by atoms with Crippen molar-refractivity contribution in [1.29, 1.82) is 0 Å². The molecule has 2 unspecified atom stereocenters. The van der Waals surface area contributed by atoms with Crippen LogP contribution < -0.4 is 0 Å². The molecule has 0 aromatic heterocycles. The summed E-state index contributed by atoms with van der Waals surface area (Å²) in [6.45, 7) is 3.06. The standard InChI is InChI=1S/C14H28O2/c1-2-13(15)10-8-6-4-3-5-7-9-11-14-12-16-14/h13-15H,2-12H2,1H3. The van der Waals surface area contributed by atoms with Gasteiger partial charge in [-0.25, -0.2) is 0 Å². The SMILES string of the molecule is CCC(O)CCCCCCCCCC1CO1. The number of aliphatic hydroxyl groups excluding tert-OH is 1.